The number of amides is 2. The van der Waals surface area contributed by atoms with Gasteiger partial charge >= 0.3 is 23.9 Å². The maximum Gasteiger partial charge on any atom is 0.355 e. The van der Waals surface area contributed by atoms with Crippen LogP contribution in [0.25, 0.3) is 0 Å². The van der Waals surface area contributed by atoms with Gasteiger partial charge in [-0.3, -0.25) is 19.4 Å². The van der Waals surface area contributed by atoms with Gasteiger partial charge in [-0.1, -0.05) is 84.2 Å². The molecule has 4 aliphatic rings. The number of ether oxygens (including phenoxy) is 4. The van der Waals surface area contributed by atoms with Crippen molar-refractivity contribution in [2.75, 3.05) is 39.6 Å². The minimum Gasteiger partial charge on any atom is -0.488 e. The topological polar surface area (TPSA) is 203 Å². The highest BCUT2D eigenvalue weighted by Crippen LogP contribution is 2.50. The highest BCUT2D eigenvalue weighted by atomic mass is 127. The molecular weight excluding hydrogens is 1130 g/mol. The number of hydrogen-bond acceptors (Lipinski definition) is 15. The molecule has 19 heteroatoms. The number of halogens is 2. The smallest absolute Gasteiger partial charge is 0.355 e. The summed E-state index contributed by atoms with van der Waals surface area (Å²) in [6.45, 7) is 23.3. The van der Waals surface area contributed by atoms with E-state index < -0.39 is 59.6 Å². The van der Waals surface area contributed by atoms with Crippen LogP contribution in [0, 0.1) is 42.6 Å². The van der Waals surface area contributed by atoms with Crippen LogP contribution in [0.4, 0.5) is 0 Å². The summed E-state index contributed by atoms with van der Waals surface area (Å²) in [4.78, 5) is 99.0. The van der Waals surface area contributed by atoms with Crippen molar-refractivity contribution >= 4 is 80.9 Å². The predicted octanol–water partition coefficient (Wildman–Crippen LogP) is 6.91. The third kappa shape index (κ3) is 12.0. The second-order valence-corrected chi connectivity index (χ2v) is 19.0. The maximum atomic E-state index is 13.2. The van der Waals surface area contributed by atoms with Crippen LogP contribution in [-0.4, -0.2) is 102 Å². The average molecular weight is 1190 g/mol. The number of carbonyl (C=O) groups is 6. The van der Waals surface area contributed by atoms with Gasteiger partial charge in [0.2, 0.25) is 11.8 Å². The largest absolute Gasteiger partial charge is 0.488 e. The van der Waals surface area contributed by atoms with E-state index in [0.29, 0.717) is 28.2 Å². The summed E-state index contributed by atoms with van der Waals surface area (Å²) in [5, 5.41) is 9.44. The second kappa shape index (κ2) is 25.7. The summed E-state index contributed by atoms with van der Waals surface area (Å²) < 4.78 is 24.5. The number of aliphatic hydroxyl groups excluding tert-OH is 1. The van der Waals surface area contributed by atoms with Crippen LogP contribution < -0.4 is 9.47 Å². The number of benzene rings is 2. The van der Waals surface area contributed by atoms with Crippen molar-refractivity contribution in [2.45, 2.75) is 59.7 Å². The minimum absolute atomic E-state index is 0.0131. The van der Waals surface area contributed by atoms with Crippen LogP contribution in [0.5, 0.6) is 11.5 Å². The van der Waals surface area contributed by atoms with Crippen molar-refractivity contribution in [1.82, 2.24) is 9.80 Å². The Labute approximate surface area is 434 Å². The Morgan fingerprint density at radius 3 is 1.41 bits per heavy atom. The first-order valence-electron chi connectivity index (χ1n) is 22.5. The van der Waals surface area contributed by atoms with Crippen LogP contribution in [0.15, 0.2) is 110 Å². The molecule has 17 nitrogen and oxygen atoms in total. The Bertz CT molecular complexity index is 2270. The second-order valence-electron chi connectivity index (χ2n) is 16.7. The minimum atomic E-state index is -0.788. The van der Waals surface area contributed by atoms with Gasteiger partial charge < -0.3 is 33.9 Å². The van der Waals surface area contributed by atoms with E-state index in [9.17, 15) is 33.9 Å². The molecule has 0 spiro atoms. The first-order valence-corrected chi connectivity index (χ1v) is 24.7. The van der Waals surface area contributed by atoms with Crippen molar-refractivity contribution < 1.29 is 72.4 Å². The number of aliphatic hydroxyl groups is 1. The molecule has 2 saturated heterocycles. The van der Waals surface area contributed by atoms with E-state index in [1.54, 1.807) is 26.0 Å². The predicted molar refractivity (Wildman–Crippen MR) is 270 cm³/mol. The van der Waals surface area contributed by atoms with Gasteiger partial charge in [-0.25, -0.2) is 19.2 Å². The third-order valence-corrected chi connectivity index (χ3v) is 14.2. The van der Waals surface area contributed by atoms with Crippen molar-refractivity contribution in [2.24, 2.45) is 35.5 Å². The fourth-order valence-corrected chi connectivity index (χ4v) is 9.74. The number of β-lactam (4-membered cyclic amide) rings is 2. The summed E-state index contributed by atoms with van der Waals surface area (Å²) in [6.07, 6.45) is 6.65. The monoisotopic (exact) mass is 1190 g/mol. The summed E-state index contributed by atoms with van der Waals surface area (Å²) >= 11 is 4.32. The van der Waals surface area contributed by atoms with Crippen molar-refractivity contribution in [3.8, 4) is 11.5 Å². The fraction of sp³-hybridized carbons (Fsp3) is 0.412. The Kier molecular flexibility index (Phi) is 20.4. The molecule has 2 aromatic carbocycles. The lowest BCUT2D eigenvalue weighted by Crippen LogP contribution is -2.63. The molecule has 0 radical (unpaired) electrons. The van der Waals surface area contributed by atoms with Gasteiger partial charge in [0.05, 0.1) is 49.5 Å². The van der Waals surface area contributed by atoms with Crippen LogP contribution in [0.3, 0.4) is 0 Å². The zero-order valence-electron chi connectivity index (χ0n) is 39.7. The van der Waals surface area contributed by atoms with Crippen LogP contribution in [0.2, 0.25) is 0 Å². The van der Waals surface area contributed by atoms with E-state index in [4.69, 9.17) is 38.5 Å². The molecule has 4 heterocycles. The van der Waals surface area contributed by atoms with Crippen molar-refractivity contribution in [3.63, 3.8) is 0 Å². The number of hydrogen-bond donors (Lipinski definition) is 1. The van der Waals surface area contributed by atoms with Gasteiger partial charge in [-0.05, 0) is 87.0 Å². The van der Waals surface area contributed by atoms with E-state index in [0.717, 1.165) is 19.1 Å². The summed E-state index contributed by atoms with van der Waals surface area (Å²) in [6, 6.07) is 10.5. The molecule has 2 aromatic rings. The molecule has 6 unspecified atom stereocenters. The fourth-order valence-electron chi connectivity index (χ4n) is 8.76. The molecule has 0 bridgehead atoms. The zero-order valence-corrected chi connectivity index (χ0v) is 44.0. The quantitative estimate of drug-likeness (QED) is 0.0216. The molecular formula is C51H58I2N2O15. The Morgan fingerprint density at radius 1 is 0.657 bits per heavy atom. The lowest BCUT2D eigenvalue weighted by atomic mass is 9.74. The normalized spacial score (nSPS) is 21.7. The Morgan fingerprint density at radius 2 is 1.04 bits per heavy atom. The zero-order chi connectivity index (χ0) is 51.4. The number of nitrogens with zero attached hydrogens (tertiary/aromatic N) is 2. The number of carbonyl (C=O) groups excluding carboxylic acids is 6. The van der Waals surface area contributed by atoms with E-state index in [1.807, 2.05) is 38.1 Å². The average Bonchev–Trinajstić information content (AvgIpc) is 3.75. The summed E-state index contributed by atoms with van der Waals surface area (Å²) in [7, 11) is 0. The number of aryl methyl sites for hydroxylation is 1. The van der Waals surface area contributed by atoms with Crippen LogP contribution >= 0.6 is 45.2 Å². The Hall–Kier alpha value is -5.36. The van der Waals surface area contributed by atoms with E-state index in [2.05, 4.69) is 78.4 Å². The van der Waals surface area contributed by atoms with Crippen LogP contribution in [0.1, 0.15) is 45.7 Å². The summed E-state index contributed by atoms with van der Waals surface area (Å²) in [5.74, 6) is -5.47. The summed E-state index contributed by atoms with van der Waals surface area (Å²) in [5.41, 5.74) is 3.36. The molecule has 1 N–H and O–H groups in total. The molecule has 376 valence electrons. The third-order valence-electron chi connectivity index (χ3n) is 12.5. The van der Waals surface area contributed by atoms with Gasteiger partial charge in [-0.2, -0.15) is 9.78 Å². The molecule has 4 aliphatic heterocycles. The molecule has 2 fully saturated rings. The molecule has 0 aromatic heterocycles. The lowest BCUT2D eigenvalue weighted by Gasteiger charge is -2.47. The number of esters is 2. The standard InChI is InChI=1S/C26H30INO7.C25H28INO8/c1-6-11-32-26(31)23-18(14-33-20-13-17(8-3)9-10-19(20)27)15(4)22-21(24(29)28(22)23)16(5)25(30)35-34-12-7-2;1-5-9-32-25(31)22-17(13-33-19-11-16(12-28)7-8-18(19)26)14(3)21-20(23(29)27(21)22)15(4)24(30)35-34-10-6-2/h6-7,9-10,13,15-16,21-22H,1-2,8,11-12,14H2,3-5H3;5-8,11,14-15,20-21,28H,1-2,9-10,12-13H2,3-4H3/t15-,16?,21?,22?;14-,15?,20?,21?/m00/s1. The van der Waals surface area contributed by atoms with Crippen molar-refractivity contribution in [3.05, 3.63) is 128 Å². The highest BCUT2D eigenvalue weighted by Gasteiger charge is 2.63. The number of fused-ring (bicyclic) bond motifs is 2. The first kappa shape index (κ1) is 55.6. The van der Waals surface area contributed by atoms with E-state index >= 15 is 0 Å². The molecule has 6 rings (SSSR count). The van der Waals surface area contributed by atoms with Gasteiger partial charge in [0.15, 0.2) is 0 Å². The van der Waals surface area contributed by atoms with E-state index in [1.165, 1.54) is 34.1 Å². The Balaban J connectivity index is 0.000000261. The molecule has 2 amide bonds. The lowest BCUT2D eigenvalue weighted by molar-refractivity contribution is -0.271. The molecule has 8 atom stereocenters. The van der Waals surface area contributed by atoms with Gasteiger partial charge in [-0.15, -0.1) is 13.2 Å². The molecule has 70 heavy (non-hydrogen) atoms. The van der Waals surface area contributed by atoms with Gasteiger partial charge in [0, 0.05) is 23.0 Å². The first-order chi connectivity index (χ1) is 33.5. The van der Waals surface area contributed by atoms with Gasteiger partial charge in [0.1, 0.15) is 62.5 Å². The SMILES string of the molecule is C=CCOOC(=O)C(C)C1C(=O)N2C(C(=O)OCC=C)=C(COc3cc(CC)ccc3I)[C@H](C)C12.C=CCOOC(=O)C(C)C1C(=O)N2C(C(=O)OCC=C)=C(COc3cc(CO)ccc3I)[C@H](C)C12. The maximum absolute atomic E-state index is 13.2. The molecule has 0 aliphatic carbocycles. The van der Waals surface area contributed by atoms with Gasteiger partial charge in [0.25, 0.3) is 0 Å². The van der Waals surface area contributed by atoms with E-state index in [-0.39, 0.29) is 81.3 Å². The van der Waals surface area contributed by atoms with Crippen molar-refractivity contribution in [1.29, 1.82) is 0 Å². The van der Waals surface area contributed by atoms with Crippen LogP contribution in [-0.2, 0) is 70.8 Å². The highest BCUT2D eigenvalue weighted by molar-refractivity contribution is 14.1. The number of rotatable bonds is 24. The molecule has 0 saturated carbocycles.